The molecule has 76 heavy (non-hydrogen) atoms. The molecule has 6 aromatic rings. The summed E-state index contributed by atoms with van der Waals surface area (Å²) in [5, 5.41) is 0. The third-order valence-corrected chi connectivity index (χ3v) is 16.7. The third kappa shape index (κ3) is 14.1. The van der Waals surface area contributed by atoms with Crippen molar-refractivity contribution in [3.8, 4) is 55.6 Å². The van der Waals surface area contributed by atoms with Crippen LogP contribution in [0.1, 0.15) is 253 Å². The highest BCUT2D eigenvalue weighted by atomic mass is 14.4. The Labute approximate surface area is 467 Å². The van der Waals surface area contributed by atoms with Crippen LogP contribution >= 0.6 is 0 Å². The molecule has 6 aromatic carbocycles. The number of rotatable bonds is 33. The van der Waals surface area contributed by atoms with Gasteiger partial charge in [0.1, 0.15) is 0 Å². The molecule has 0 amide bonds. The summed E-state index contributed by atoms with van der Waals surface area (Å²) in [7, 11) is 0. The van der Waals surface area contributed by atoms with Crippen LogP contribution in [0, 0.1) is 0 Å². The number of hydrogen-bond acceptors (Lipinski definition) is 0. The van der Waals surface area contributed by atoms with Gasteiger partial charge >= 0.3 is 0 Å². The minimum atomic E-state index is 1.07. The lowest BCUT2D eigenvalue weighted by molar-refractivity contribution is 0.778. The van der Waals surface area contributed by atoms with E-state index in [2.05, 4.69) is 168 Å². The van der Waals surface area contributed by atoms with Gasteiger partial charge in [0.15, 0.2) is 0 Å². The largest absolute Gasteiger partial charge is 0.0654 e. The molecule has 0 nitrogen and oxygen atoms in total. The van der Waals surface area contributed by atoms with Gasteiger partial charge in [-0.1, -0.05) is 239 Å². The molecule has 410 valence electrons. The fourth-order valence-corrected chi connectivity index (χ4v) is 13.2. The van der Waals surface area contributed by atoms with E-state index in [1.807, 2.05) is 0 Å². The van der Waals surface area contributed by atoms with E-state index in [9.17, 15) is 0 Å². The predicted octanol–water partition coefficient (Wildman–Crippen LogP) is 23.0. The Hall–Kier alpha value is -4.68. The molecule has 0 heteroatoms. The fraction of sp³-hybridized carbons (Fsp3) is 0.526. The van der Waals surface area contributed by atoms with Gasteiger partial charge in [-0.3, -0.25) is 0 Å². The summed E-state index contributed by atoms with van der Waals surface area (Å²) in [6, 6.07) is 35.6. The Morgan fingerprint density at radius 2 is 0.487 bits per heavy atom. The SMILES string of the molecule is CCCCc1ccc(CCC)c(-c2cc(-c3c(CCC)ccc(CCCC)c3CCC)c(-c3c(CCC)ccc(CCCC)c3CCC)c(-c3c(CCC)ccc(CCCC)c3CCC)c2-c2ccccc2)c1CCC. The maximum atomic E-state index is 2.89. The molecule has 6 rings (SSSR count). The predicted molar refractivity (Wildman–Crippen MR) is 340 cm³/mol. The molecule has 0 unspecified atom stereocenters. The molecule has 0 radical (unpaired) electrons. The summed E-state index contributed by atoms with van der Waals surface area (Å²) in [4.78, 5) is 0. The minimum Gasteiger partial charge on any atom is -0.0654 e. The first kappa shape index (κ1) is 60.5. The Morgan fingerprint density at radius 1 is 0.211 bits per heavy atom. The van der Waals surface area contributed by atoms with Crippen LogP contribution in [0.4, 0.5) is 0 Å². The maximum absolute atomic E-state index is 2.89. The van der Waals surface area contributed by atoms with Gasteiger partial charge in [0, 0.05) is 0 Å². The summed E-state index contributed by atoms with van der Waals surface area (Å²) in [6.07, 6.45) is 31.9. The lowest BCUT2D eigenvalue weighted by Gasteiger charge is -2.33. The molecule has 0 aliphatic heterocycles. The highest BCUT2D eigenvalue weighted by Gasteiger charge is 2.33. The van der Waals surface area contributed by atoms with E-state index in [0.717, 1.165) is 128 Å². The van der Waals surface area contributed by atoms with Crippen molar-refractivity contribution in [2.75, 3.05) is 0 Å². The van der Waals surface area contributed by atoms with Crippen LogP contribution in [0.2, 0.25) is 0 Å². The standard InChI is InChI=1S/C76H106/c1-13-25-40-55-46-50-59(32-17-5)70(64(55)36-21-9)68-54-69(71-60(33-18-6)51-47-56(41-26-14-2)65(71)37-22-10)75(72-61(34-19-7)52-48-57(42-27-15-3)66(72)38-23-11)76(74(68)63-44-30-29-31-45-63)73-62(35-20-8)53-49-58(43-28-16-4)67(73)39-24-12/h29-31,44-54H,13-28,32-43H2,1-12H3. The highest BCUT2D eigenvalue weighted by molar-refractivity contribution is 6.10. The van der Waals surface area contributed by atoms with Gasteiger partial charge in [-0.25, -0.2) is 0 Å². The monoisotopic (exact) mass is 1020 g/mol. The molecule has 0 fully saturated rings. The molecule has 0 saturated carbocycles. The minimum absolute atomic E-state index is 1.07. The Morgan fingerprint density at radius 3 is 0.803 bits per heavy atom. The number of benzene rings is 6. The first-order valence-electron chi connectivity index (χ1n) is 32.1. The van der Waals surface area contributed by atoms with E-state index in [4.69, 9.17) is 0 Å². The van der Waals surface area contributed by atoms with Crippen LogP contribution in [0.3, 0.4) is 0 Å². The average Bonchev–Trinajstić information content (AvgIpc) is 3.50. The summed E-state index contributed by atoms with van der Waals surface area (Å²) in [5.74, 6) is 0. The van der Waals surface area contributed by atoms with Gasteiger partial charge in [-0.2, -0.15) is 0 Å². The van der Waals surface area contributed by atoms with Crippen LogP contribution < -0.4 is 0 Å². The Bertz CT molecular complexity index is 2720. The van der Waals surface area contributed by atoms with Crippen molar-refractivity contribution in [3.63, 3.8) is 0 Å². The van der Waals surface area contributed by atoms with E-state index in [1.54, 1.807) is 94.6 Å². The van der Waals surface area contributed by atoms with Crippen LogP contribution in [0.15, 0.2) is 84.9 Å². The van der Waals surface area contributed by atoms with Gasteiger partial charge in [0.25, 0.3) is 0 Å². The average molecular weight is 1020 g/mol. The smallest absolute Gasteiger partial charge is 0.000847 e. The number of aryl methyl sites for hydroxylation is 8. The summed E-state index contributed by atoms with van der Waals surface area (Å²) in [6.45, 7) is 29.0. The van der Waals surface area contributed by atoms with Gasteiger partial charge in [0.2, 0.25) is 0 Å². The van der Waals surface area contributed by atoms with E-state index < -0.39 is 0 Å². The van der Waals surface area contributed by atoms with Crippen molar-refractivity contribution in [2.45, 2.75) is 263 Å². The zero-order valence-electron chi connectivity index (χ0n) is 50.9. The summed E-state index contributed by atoms with van der Waals surface area (Å²) < 4.78 is 0. The molecule has 0 saturated heterocycles. The summed E-state index contributed by atoms with van der Waals surface area (Å²) in [5.41, 5.74) is 34.2. The Balaban J connectivity index is 2.19. The van der Waals surface area contributed by atoms with Crippen LogP contribution in [0.5, 0.6) is 0 Å². The van der Waals surface area contributed by atoms with Crippen LogP contribution in [-0.4, -0.2) is 0 Å². The molecular weight excluding hydrogens is 913 g/mol. The molecule has 0 spiro atoms. The molecular formula is C76H106. The zero-order chi connectivity index (χ0) is 54.4. The number of hydrogen-bond donors (Lipinski definition) is 0. The van der Waals surface area contributed by atoms with Gasteiger partial charge < -0.3 is 0 Å². The molecule has 0 atom stereocenters. The van der Waals surface area contributed by atoms with Crippen LogP contribution in [0.25, 0.3) is 55.6 Å². The summed E-state index contributed by atoms with van der Waals surface area (Å²) >= 11 is 0. The number of unbranched alkanes of at least 4 members (excludes halogenated alkanes) is 4. The van der Waals surface area contributed by atoms with Crippen molar-refractivity contribution >= 4 is 0 Å². The zero-order valence-corrected chi connectivity index (χ0v) is 50.9. The highest BCUT2D eigenvalue weighted by Crippen LogP contribution is 2.56. The van der Waals surface area contributed by atoms with Gasteiger partial charge in [-0.05, 0) is 231 Å². The first-order chi connectivity index (χ1) is 37.3. The quantitative estimate of drug-likeness (QED) is 0.0385. The topological polar surface area (TPSA) is 0 Å². The maximum Gasteiger partial charge on any atom is -0.000847 e. The molecule has 0 heterocycles. The van der Waals surface area contributed by atoms with Gasteiger partial charge in [-0.15, -0.1) is 0 Å². The fourth-order valence-electron chi connectivity index (χ4n) is 13.2. The molecule has 0 aromatic heterocycles. The molecule has 0 aliphatic rings. The molecule has 0 aliphatic carbocycles. The van der Waals surface area contributed by atoms with Crippen molar-refractivity contribution in [1.29, 1.82) is 0 Å². The lowest BCUT2D eigenvalue weighted by atomic mass is 9.70. The normalized spacial score (nSPS) is 11.6. The second-order valence-corrected chi connectivity index (χ2v) is 22.8. The van der Waals surface area contributed by atoms with E-state index in [-0.39, 0.29) is 0 Å². The van der Waals surface area contributed by atoms with Crippen molar-refractivity contribution < 1.29 is 0 Å². The second kappa shape index (κ2) is 31.7. The third-order valence-electron chi connectivity index (χ3n) is 16.7. The van der Waals surface area contributed by atoms with Crippen molar-refractivity contribution in [1.82, 2.24) is 0 Å². The van der Waals surface area contributed by atoms with E-state index in [0.29, 0.717) is 0 Å². The van der Waals surface area contributed by atoms with E-state index >= 15 is 0 Å². The van der Waals surface area contributed by atoms with Crippen LogP contribution in [-0.2, 0) is 77.0 Å². The lowest BCUT2D eigenvalue weighted by Crippen LogP contribution is -2.11. The Kier molecular flexibility index (Phi) is 25.2. The molecule has 0 N–H and O–H groups in total. The van der Waals surface area contributed by atoms with Crippen molar-refractivity contribution in [2.24, 2.45) is 0 Å². The molecule has 0 bridgehead atoms. The van der Waals surface area contributed by atoms with E-state index in [1.165, 1.54) is 79.2 Å². The van der Waals surface area contributed by atoms with Crippen molar-refractivity contribution in [3.05, 3.63) is 152 Å². The first-order valence-corrected chi connectivity index (χ1v) is 32.1. The van der Waals surface area contributed by atoms with Gasteiger partial charge in [0.05, 0.1) is 0 Å². The second-order valence-electron chi connectivity index (χ2n) is 22.8.